The van der Waals surface area contributed by atoms with E-state index in [1.54, 1.807) is 0 Å². The van der Waals surface area contributed by atoms with Gasteiger partial charge in [-0.3, -0.25) is 0 Å². The number of oxazole rings is 1. The standard InChI is InChI=1S/C18H22ClF3N4O/c1-10-9-23-6-7-26(10)17-25-15-14(18(20,21)22)12(19)8-11(16(15)27-17)13-4-2-3-5-24-13/h8,10,13,23-24H,2-7,9H2,1H3/t10?,13-/m0/s1. The Balaban J connectivity index is 1.88. The van der Waals surface area contributed by atoms with Gasteiger partial charge >= 0.3 is 6.18 Å². The number of piperazine rings is 1. The van der Waals surface area contributed by atoms with Gasteiger partial charge in [-0.15, -0.1) is 0 Å². The van der Waals surface area contributed by atoms with Crippen molar-refractivity contribution in [1.82, 2.24) is 15.6 Å². The molecule has 2 atom stereocenters. The Morgan fingerprint density at radius 3 is 2.78 bits per heavy atom. The Hall–Kier alpha value is -1.51. The van der Waals surface area contributed by atoms with Crippen LogP contribution in [-0.2, 0) is 6.18 Å². The van der Waals surface area contributed by atoms with Crippen LogP contribution in [0, 0.1) is 0 Å². The van der Waals surface area contributed by atoms with Crippen LogP contribution in [0.4, 0.5) is 19.2 Å². The minimum Gasteiger partial charge on any atom is -0.423 e. The molecule has 2 aromatic rings. The minimum atomic E-state index is -4.60. The molecule has 0 saturated carbocycles. The first-order valence-corrected chi connectivity index (χ1v) is 9.65. The Morgan fingerprint density at radius 1 is 1.30 bits per heavy atom. The fraction of sp³-hybridized carbons (Fsp3) is 0.611. The first kappa shape index (κ1) is 18.8. The summed E-state index contributed by atoms with van der Waals surface area (Å²) in [4.78, 5) is 6.17. The molecule has 0 radical (unpaired) electrons. The van der Waals surface area contributed by atoms with Crippen molar-refractivity contribution >= 4 is 28.7 Å². The number of hydrogen-bond donors (Lipinski definition) is 2. The van der Waals surface area contributed by atoms with Gasteiger partial charge in [-0.1, -0.05) is 18.0 Å². The molecule has 2 N–H and O–H groups in total. The van der Waals surface area contributed by atoms with E-state index < -0.39 is 11.7 Å². The number of nitrogens with one attached hydrogen (secondary N) is 2. The summed E-state index contributed by atoms with van der Waals surface area (Å²) in [5, 5.41) is 6.28. The van der Waals surface area contributed by atoms with Crippen molar-refractivity contribution in [2.75, 3.05) is 31.1 Å². The fourth-order valence-electron chi connectivity index (χ4n) is 3.96. The van der Waals surface area contributed by atoms with Crippen molar-refractivity contribution in [3.8, 4) is 0 Å². The molecule has 1 aromatic carbocycles. The van der Waals surface area contributed by atoms with Crippen LogP contribution < -0.4 is 15.5 Å². The van der Waals surface area contributed by atoms with Crippen molar-refractivity contribution < 1.29 is 17.6 Å². The third-order valence-corrected chi connectivity index (χ3v) is 5.65. The van der Waals surface area contributed by atoms with E-state index in [2.05, 4.69) is 15.6 Å². The van der Waals surface area contributed by atoms with Gasteiger partial charge in [0.05, 0.1) is 5.02 Å². The molecule has 5 nitrogen and oxygen atoms in total. The van der Waals surface area contributed by atoms with Crippen molar-refractivity contribution in [1.29, 1.82) is 0 Å². The molecule has 0 spiro atoms. The van der Waals surface area contributed by atoms with Gasteiger partial charge in [0.2, 0.25) is 0 Å². The van der Waals surface area contributed by atoms with Gasteiger partial charge in [-0.25, -0.2) is 0 Å². The Morgan fingerprint density at radius 2 is 2.11 bits per heavy atom. The van der Waals surface area contributed by atoms with E-state index in [9.17, 15) is 13.2 Å². The Bertz CT molecular complexity index is 832. The van der Waals surface area contributed by atoms with Crippen molar-refractivity contribution in [3.05, 3.63) is 22.2 Å². The number of alkyl halides is 3. The average Bonchev–Trinajstić information content (AvgIpc) is 3.05. The number of halogens is 4. The summed E-state index contributed by atoms with van der Waals surface area (Å²) in [5.74, 6) is 0. The highest BCUT2D eigenvalue weighted by Gasteiger charge is 2.39. The lowest BCUT2D eigenvalue weighted by Gasteiger charge is -2.32. The molecule has 0 amide bonds. The molecule has 1 aromatic heterocycles. The van der Waals surface area contributed by atoms with Gasteiger partial charge in [0, 0.05) is 37.3 Å². The van der Waals surface area contributed by atoms with Crippen LogP contribution in [0.5, 0.6) is 0 Å². The highest BCUT2D eigenvalue weighted by atomic mass is 35.5. The van der Waals surface area contributed by atoms with Gasteiger partial charge in [0.25, 0.3) is 6.01 Å². The van der Waals surface area contributed by atoms with Gasteiger partial charge in [0.1, 0.15) is 11.1 Å². The average molecular weight is 403 g/mol. The number of fused-ring (bicyclic) bond motifs is 1. The second-order valence-corrected chi connectivity index (χ2v) is 7.65. The van der Waals surface area contributed by atoms with E-state index in [4.69, 9.17) is 16.0 Å². The quantitative estimate of drug-likeness (QED) is 0.791. The number of aromatic nitrogens is 1. The fourth-order valence-corrected chi connectivity index (χ4v) is 4.27. The minimum absolute atomic E-state index is 0.0767. The summed E-state index contributed by atoms with van der Waals surface area (Å²) in [7, 11) is 0. The first-order valence-electron chi connectivity index (χ1n) is 9.27. The van der Waals surface area contributed by atoms with Crippen LogP contribution in [0.2, 0.25) is 5.02 Å². The number of rotatable bonds is 2. The highest BCUT2D eigenvalue weighted by Crippen LogP contribution is 2.44. The van der Waals surface area contributed by atoms with Crippen LogP contribution in [0.3, 0.4) is 0 Å². The SMILES string of the molecule is CC1CNCCN1c1nc2c(C(F)(F)F)c(Cl)cc([C@@H]3CCCCN3)c2o1. The van der Waals surface area contributed by atoms with E-state index in [0.717, 1.165) is 38.9 Å². The van der Waals surface area contributed by atoms with Gasteiger partial charge < -0.3 is 20.0 Å². The summed E-state index contributed by atoms with van der Waals surface area (Å²) >= 11 is 6.08. The highest BCUT2D eigenvalue weighted by molar-refractivity contribution is 6.32. The van der Waals surface area contributed by atoms with Crippen LogP contribution in [0.15, 0.2) is 10.5 Å². The summed E-state index contributed by atoms with van der Waals surface area (Å²) in [5.41, 5.74) is -0.272. The van der Waals surface area contributed by atoms with E-state index in [1.165, 1.54) is 6.07 Å². The summed E-state index contributed by atoms with van der Waals surface area (Å²) in [6.45, 7) is 4.89. The summed E-state index contributed by atoms with van der Waals surface area (Å²) < 4.78 is 47.0. The molecule has 0 bridgehead atoms. The summed E-state index contributed by atoms with van der Waals surface area (Å²) in [6, 6.07) is 1.62. The zero-order chi connectivity index (χ0) is 19.2. The summed E-state index contributed by atoms with van der Waals surface area (Å²) in [6.07, 6.45) is -1.71. The lowest BCUT2D eigenvalue weighted by Crippen LogP contribution is -2.50. The maximum Gasteiger partial charge on any atom is 0.420 e. The maximum absolute atomic E-state index is 13.7. The third kappa shape index (κ3) is 3.50. The monoisotopic (exact) mass is 402 g/mol. The number of nitrogens with zero attached hydrogens (tertiary/aromatic N) is 2. The Kier molecular flexibility index (Phi) is 4.98. The molecule has 148 valence electrons. The molecule has 3 heterocycles. The number of benzene rings is 1. The van der Waals surface area contributed by atoms with E-state index >= 15 is 0 Å². The van der Waals surface area contributed by atoms with Gasteiger partial charge in [-0.05, 0) is 32.4 Å². The number of piperidine rings is 1. The lowest BCUT2D eigenvalue weighted by molar-refractivity contribution is -0.136. The predicted molar refractivity (Wildman–Crippen MR) is 98.3 cm³/mol. The normalized spacial score (nSPS) is 24.6. The second-order valence-electron chi connectivity index (χ2n) is 7.24. The van der Waals surface area contributed by atoms with Crippen LogP contribution in [-0.4, -0.2) is 37.2 Å². The molecule has 2 aliphatic rings. The van der Waals surface area contributed by atoms with Crippen LogP contribution >= 0.6 is 11.6 Å². The zero-order valence-electron chi connectivity index (χ0n) is 15.0. The molecule has 2 fully saturated rings. The molecule has 27 heavy (non-hydrogen) atoms. The largest absolute Gasteiger partial charge is 0.423 e. The topological polar surface area (TPSA) is 53.3 Å². The molecule has 2 aliphatic heterocycles. The van der Waals surface area contributed by atoms with Gasteiger partial charge in [0.15, 0.2) is 5.58 Å². The molecule has 4 rings (SSSR count). The maximum atomic E-state index is 13.7. The van der Waals surface area contributed by atoms with E-state index in [0.29, 0.717) is 12.1 Å². The predicted octanol–water partition coefficient (Wildman–Crippen LogP) is 4.11. The number of hydrogen-bond acceptors (Lipinski definition) is 5. The second kappa shape index (κ2) is 7.14. The van der Waals surface area contributed by atoms with Crippen molar-refractivity contribution in [3.63, 3.8) is 0 Å². The molecule has 0 aliphatic carbocycles. The number of anilines is 1. The lowest BCUT2D eigenvalue weighted by atomic mass is 9.95. The van der Waals surface area contributed by atoms with E-state index in [1.807, 2.05) is 11.8 Å². The molecule has 2 saturated heterocycles. The van der Waals surface area contributed by atoms with Crippen molar-refractivity contribution in [2.24, 2.45) is 0 Å². The third-order valence-electron chi connectivity index (χ3n) is 5.35. The van der Waals surface area contributed by atoms with Crippen LogP contribution in [0.1, 0.15) is 43.4 Å². The van der Waals surface area contributed by atoms with Gasteiger partial charge in [-0.2, -0.15) is 18.2 Å². The smallest absolute Gasteiger partial charge is 0.420 e. The molecule has 9 heteroatoms. The van der Waals surface area contributed by atoms with Crippen LogP contribution in [0.25, 0.3) is 11.1 Å². The molecular weight excluding hydrogens is 381 g/mol. The van der Waals surface area contributed by atoms with E-state index in [-0.39, 0.29) is 34.2 Å². The first-order chi connectivity index (χ1) is 12.9. The molecular formula is C18H22ClF3N4O. The zero-order valence-corrected chi connectivity index (χ0v) is 15.8. The molecule has 1 unspecified atom stereocenters. The van der Waals surface area contributed by atoms with Crippen molar-refractivity contribution in [2.45, 2.75) is 44.4 Å². The Labute approximate surface area is 160 Å².